The van der Waals surface area contributed by atoms with E-state index in [0.717, 1.165) is 0 Å². The van der Waals surface area contributed by atoms with Crippen LogP contribution in [0.4, 0.5) is 28.4 Å². The highest BCUT2D eigenvalue weighted by molar-refractivity contribution is 6.94. The maximum atomic E-state index is 2.77. The molecule has 1 aliphatic carbocycles. The van der Waals surface area contributed by atoms with Crippen LogP contribution in [0.1, 0.15) is 54.2 Å². The van der Waals surface area contributed by atoms with Gasteiger partial charge < -0.3 is 9.71 Å². The Bertz CT molecular complexity index is 2720. The first-order valence-corrected chi connectivity index (χ1v) is 18.3. The molecule has 0 saturated heterocycles. The Labute approximate surface area is 299 Å². The molecule has 240 valence electrons. The first-order chi connectivity index (χ1) is 24.9. The fourth-order valence-corrected chi connectivity index (χ4v) is 11.0. The van der Waals surface area contributed by atoms with Gasteiger partial charge in [0.05, 0.1) is 5.69 Å². The molecule has 1 atom stereocenters. The van der Waals surface area contributed by atoms with E-state index in [1.165, 1.54) is 106 Å². The largest absolute Gasteiger partial charge is 0.376 e. The summed E-state index contributed by atoms with van der Waals surface area (Å²) in [7, 11) is 0. The van der Waals surface area contributed by atoms with Gasteiger partial charge in [-0.05, 0) is 104 Å². The van der Waals surface area contributed by atoms with Crippen LogP contribution in [0.25, 0.3) is 33.4 Å². The van der Waals surface area contributed by atoms with Crippen molar-refractivity contribution in [2.75, 3.05) is 9.71 Å². The Morgan fingerprint density at radius 1 is 0.490 bits per heavy atom. The Hall–Kier alpha value is -5.80. The molecule has 0 radical (unpaired) electrons. The molecule has 2 nitrogen and oxygen atoms in total. The molecule has 0 N–H and O–H groups in total. The molecule has 0 saturated carbocycles. The van der Waals surface area contributed by atoms with E-state index in [4.69, 9.17) is 0 Å². The summed E-state index contributed by atoms with van der Waals surface area (Å²) in [5.41, 5.74) is 25.2. The molecule has 7 aromatic rings. The monoisotopic (exact) mass is 650 g/mol. The van der Waals surface area contributed by atoms with E-state index < -0.39 is 0 Å². The average Bonchev–Trinajstić information content (AvgIpc) is 3.43. The smallest absolute Gasteiger partial charge is 0.333 e. The van der Waals surface area contributed by atoms with Gasteiger partial charge in [-0.25, -0.2) is 0 Å². The molecule has 51 heavy (non-hydrogen) atoms. The van der Waals surface area contributed by atoms with Crippen molar-refractivity contribution in [3.63, 3.8) is 0 Å². The highest BCUT2D eigenvalue weighted by Crippen LogP contribution is 2.65. The summed E-state index contributed by atoms with van der Waals surface area (Å²) in [6.45, 7) is 9.61. The second kappa shape index (κ2) is 9.10. The van der Waals surface area contributed by atoms with E-state index in [-0.39, 0.29) is 17.7 Å². The van der Waals surface area contributed by atoms with Crippen LogP contribution in [0, 0.1) is 6.92 Å². The highest BCUT2D eigenvalue weighted by Gasteiger charge is 2.56. The van der Waals surface area contributed by atoms with Crippen molar-refractivity contribution >= 4 is 46.2 Å². The Morgan fingerprint density at radius 2 is 1.18 bits per heavy atom. The number of benzene rings is 7. The summed E-state index contributed by atoms with van der Waals surface area (Å²) in [6, 6.07) is 53.3. The third-order valence-electron chi connectivity index (χ3n) is 13.0. The first kappa shape index (κ1) is 28.0. The maximum Gasteiger partial charge on any atom is 0.333 e. The Kier molecular flexibility index (Phi) is 4.99. The molecule has 0 fully saturated rings. The van der Waals surface area contributed by atoms with Crippen LogP contribution in [-0.4, -0.2) is 6.85 Å². The second-order valence-corrected chi connectivity index (χ2v) is 15.9. The molecular formula is C48H35BN2. The van der Waals surface area contributed by atoms with Gasteiger partial charge in [-0.3, -0.25) is 0 Å². The van der Waals surface area contributed by atoms with Gasteiger partial charge in [0.2, 0.25) is 0 Å². The number of rotatable bonds is 1. The van der Waals surface area contributed by atoms with Crippen LogP contribution in [0.3, 0.4) is 0 Å². The topological polar surface area (TPSA) is 6.48 Å². The van der Waals surface area contributed by atoms with Crippen LogP contribution < -0.4 is 20.6 Å². The number of fused-ring (bicyclic) bond motifs is 11. The Morgan fingerprint density at radius 3 is 2.04 bits per heavy atom. The Balaban J connectivity index is 1.28. The average molecular weight is 651 g/mol. The number of nitrogens with zero attached hydrogens (tertiary/aromatic N) is 2. The molecule has 4 heterocycles. The molecule has 0 spiro atoms. The minimum Gasteiger partial charge on any atom is -0.376 e. The predicted octanol–water partition coefficient (Wildman–Crippen LogP) is 10.7. The number of hydrogen-bond donors (Lipinski definition) is 0. The van der Waals surface area contributed by atoms with E-state index in [2.05, 4.69) is 177 Å². The number of hydrogen-bond acceptors (Lipinski definition) is 2. The summed E-state index contributed by atoms with van der Waals surface area (Å²) < 4.78 is 0. The van der Waals surface area contributed by atoms with Gasteiger partial charge >= 0.3 is 6.85 Å². The highest BCUT2D eigenvalue weighted by atomic mass is 15.2. The van der Waals surface area contributed by atoms with E-state index >= 15 is 0 Å². The summed E-state index contributed by atoms with van der Waals surface area (Å²) in [6.07, 6.45) is 0. The fraction of sp³-hybridized carbons (Fsp3) is 0.125. The molecule has 0 bridgehead atoms. The van der Waals surface area contributed by atoms with Gasteiger partial charge in [-0.1, -0.05) is 135 Å². The van der Waals surface area contributed by atoms with Crippen LogP contribution >= 0.6 is 0 Å². The van der Waals surface area contributed by atoms with Crippen molar-refractivity contribution in [3.05, 3.63) is 173 Å². The standard InChI is InChI=1S/C48H35BN2/c1-28-26-34-33-25-24-30(29-14-6-5-7-15-29)43-45(33)51(40-23-12-17-32-31-16-8-9-18-35(31)48(43,4)42(32)40)49-38-21-13-20-37-46(38)50(41(27-28)44(34)49)39-22-11-10-19-36(39)47(37,2)3/h5-27H,1-4H3. The number of aryl methyl sites for hydroxylation is 1. The van der Waals surface area contributed by atoms with Gasteiger partial charge in [-0.15, -0.1) is 0 Å². The molecular weight excluding hydrogens is 615 g/mol. The molecule has 4 aliphatic heterocycles. The molecule has 12 rings (SSSR count). The first-order valence-electron chi connectivity index (χ1n) is 18.3. The van der Waals surface area contributed by atoms with Gasteiger partial charge in [0.25, 0.3) is 0 Å². The molecule has 7 aromatic carbocycles. The fourth-order valence-electron chi connectivity index (χ4n) is 11.0. The zero-order valence-electron chi connectivity index (χ0n) is 29.3. The quantitative estimate of drug-likeness (QED) is 0.163. The second-order valence-electron chi connectivity index (χ2n) is 15.9. The summed E-state index contributed by atoms with van der Waals surface area (Å²) in [5, 5.41) is 0. The summed E-state index contributed by atoms with van der Waals surface area (Å²) in [5.74, 6) is 0. The van der Waals surface area contributed by atoms with Gasteiger partial charge in [0.1, 0.15) is 0 Å². The lowest BCUT2D eigenvalue weighted by Gasteiger charge is -2.53. The normalized spacial score (nSPS) is 18.3. The summed E-state index contributed by atoms with van der Waals surface area (Å²) in [4.78, 5) is 5.38. The zero-order chi connectivity index (χ0) is 34.0. The molecule has 0 amide bonds. The molecule has 3 heteroatoms. The molecule has 1 unspecified atom stereocenters. The maximum absolute atomic E-state index is 2.77. The lowest BCUT2D eigenvalue weighted by atomic mass is 9.41. The van der Waals surface area contributed by atoms with Crippen molar-refractivity contribution in [1.82, 2.24) is 0 Å². The van der Waals surface area contributed by atoms with Crippen molar-refractivity contribution in [2.24, 2.45) is 0 Å². The third-order valence-corrected chi connectivity index (χ3v) is 13.0. The third kappa shape index (κ3) is 3.11. The van der Waals surface area contributed by atoms with E-state index in [1.54, 1.807) is 0 Å². The van der Waals surface area contributed by atoms with E-state index in [9.17, 15) is 0 Å². The molecule has 0 aromatic heterocycles. The van der Waals surface area contributed by atoms with Crippen molar-refractivity contribution in [3.8, 4) is 33.4 Å². The van der Waals surface area contributed by atoms with Crippen molar-refractivity contribution in [1.29, 1.82) is 0 Å². The predicted molar refractivity (Wildman–Crippen MR) is 213 cm³/mol. The van der Waals surface area contributed by atoms with Crippen LogP contribution in [0.2, 0.25) is 0 Å². The van der Waals surface area contributed by atoms with Crippen LogP contribution in [0.15, 0.2) is 140 Å². The summed E-state index contributed by atoms with van der Waals surface area (Å²) >= 11 is 0. The molecule has 5 aliphatic rings. The van der Waals surface area contributed by atoms with Gasteiger partial charge in [0.15, 0.2) is 0 Å². The van der Waals surface area contributed by atoms with Gasteiger partial charge in [0, 0.05) is 39.1 Å². The minimum absolute atomic E-state index is 0.0138. The zero-order valence-corrected chi connectivity index (χ0v) is 29.3. The minimum atomic E-state index is -0.322. The van der Waals surface area contributed by atoms with E-state index in [1.807, 2.05) is 0 Å². The SMILES string of the molecule is Cc1cc2c3c(c1)N1c4ccccc4C(C)(C)c4cccc(c41)B3N1c3cccc4c3C(C)(c3ccccc3-4)c3c(-c4ccccc4)ccc-2c31. The number of para-hydroxylation sites is 2. The van der Waals surface area contributed by atoms with Crippen LogP contribution in [0.5, 0.6) is 0 Å². The van der Waals surface area contributed by atoms with Crippen molar-refractivity contribution < 1.29 is 0 Å². The lowest BCUT2D eigenvalue weighted by molar-refractivity contribution is 0.632. The van der Waals surface area contributed by atoms with E-state index in [0.29, 0.717) is 0 Å². The van der Waals surface area contributed by atoms with Gasteiger partial charge in [-0.2, -0.15) is 0 Å². The lowest BCUT2D eigenvalue weighted by Crippen LogP contribution is -2.63. The van der Waals surface area contributed by atoms with Crippen LogP contribution in [-0.2, 0) is 10.8 Å². The number of anilines is 5. The van der Waals surface area contributed by atoms with Crippen molar-refractivity contribution in [2.45, 2.75) is 38.5 Å².